The minimum absolute atomic E-state index is 0.0627. The SMILES string of the molecule is COc1ccc(NC(=O)CN(C)C(=O)CSc2ccccc2F)cc1. The van der Waals surface area contributed by atoms with Crippen LogP contribution in [-0.4, -0.2) is 43.2 Å². The highest BCUT2D eigenvalue weighted by Crippen LogP contribution is 2.21. The van der Waals surface area contributed by atoms with Crippen LogP contribution < -0.4 is 10.1 Å². The van der Waals surface area contributed by atoms with E-state index in [9.17, 15) is 14.0 Å². The summed E-state index contributed by atoms with van der Waals surface area (Å²) < 4.78 is 18.6. The Bertz CT molecular complexity index is 737. The highest BCUT2D eigenvalue weighted by atomic mass is 32.2. The number of hydrogen-bond donors (Lipinski definition) is 1. The normalized spacial score (nSPS) is 10.2. The Kier molecular flexibility index (Phi) is 6.82. The lowest BCUT2D eigenvalue weighted by atomic mass is 10.3. The van der Waals surface area contributed by atoms with Crippen LogP contribution >= 0.6 is 11.8 Å². The van der Waals surface area contributed by atoms with Gasteiger partial charge in [-0.05, 0) is 36.4 Å². The van der Waals surface area contributed by atoms with Crippen molar-refractivity contribution >= 4 is 29.3 Å². The van der Waals surface area contributed by atoms with Crippen LogP contribution in [-0.2, 0) is 9.59 Å². The summed E-state index contributed by atoms with van der Waals surface area (Å²) in [5.41, 5.74) is 0.618. The lowest BCUT2D eigenvalue weighted by Gasteiger charge is -2.16. The fourth-order valence-corrected chi connectivity index (χ4v) is 2.87. The Labute approximate surface area is 150 Å². The molecule has 0 aromatic heterocycles. The van der Waals surface area contributed by atoms with Gasteiger partial charge in [-0.1, -0.05) is 12.1 Å². The van der Waals surface area contributed by atoms with E-state index < -0.39 is 0 Å². The molecule has 0 aliphatic rings. The first-order chi connectivity index (χ1) is 12.0. The minimum Gasteiger partial charge on any atom is -0.497 e. The smallest absolute Gasteiger partial charge is 0.243 e. The van der Waals surface area contributed by atoms with Crippen molar-refractivity contribution in [2.75, 3.05) is 31.8 Å². The van der Waals surface area contributed by atoms with Gasteiger partial charge >= 0.3 is 0 Å². The predicted molar refractivity (Wildman–Crippen MR) is 96.4 cm³/mol. The number of benzene rings is 2. The van der Waals surface area contributed by atoms with Gasteiger partial charge in [-0.25, -0.2) is 4.39 Å². The number of thioether (sulfide) groups is 1. The van der Waals surface area contributed by atoms with Gasteiger partial charge in [0.25, 0.3) is 0 Å². The number of nitrogens with one attached hydrogen (secondary N) is 1. The first-order valence-electron chi connectivity index (χ1n) is 7.55. The molecule has 0 unspecified atom stereocenters. The molecular formula is C18H19FN2O3S. The number of carbonyl (C=O) groups excluding carboxylic acids is 2. The van der Waals surface area contributed by atoms with Crippen molar-refractivity contribution in [1.29, 1.82) is 0 Å². The molecule has 0 spiro atoms. The molecule has 2 amide bonds. The number of hydrogen-bond acceptors (Lipinski definition) is 4. The molecule has 2 aromatic carbocycles. The highest BCUT2D eigenvalue weighted by Gasteiger charge is 2.14. The van der Waals surface area contributed by atoms with Gasteiger partial charge < -0.3 is 15.0 Å². The second kappa shape index (κ2) is 9.08. The van der Waals surface area contributed by atoms with Crippen LogP contribution in [0.15, 0.2) is 53.4 Å². The average molecular weight is 362 g/mol. The molecule has 0 aliphatic heterocycles. The monoisotopic (exact) mass is 362 g/mol. The summed E-state index contributed by atoms with van der Waals surface area (Å²) in [6.07, 6.45) is 0. The quantitative estimate of drug-likeness (QED) is 0.769. The third kappa shape index (κ3) is 5.79. The van der Waals surface area contributed by atoms with E-state index in [1.807, 2.05) is 0 Å². The zero-order chi connectivity index (χ0) is 18.2. The van der Waals surface area contributed by atoms with Crippen LogP contribution in [0.1, 0.15) is 0 Å². The molecule has 2 rings (SSSR count). The van der Waals surface area contributed by atoms with E-state index >= 15 is 0 Å². The Hall–Kier alpha value is -2.54. The molecule has 1 N–H and O–H groups in total. The van der Waals surface area contributed by atoms with Crippen molar-refractivity contribution < 1.29 is 18.7 Å². The van der Waals surface area contributed by atoms with Crippen molar-refractivity contribution in [3.8, 4) is 5.75 Å². The van der Waals surface area contributed by atoms with Gasteiger partial charge in [0.15, 0.2) is 0 Å². The summed E-state index contributed by atoms with van der Waals surface area (Å²) in [4.78, 5) is 25.8. The molecule has 0 saturated heterocycles. The number of halogens is 1. The lowest BCUT2D eigenvalue weighted by molar-refractivity contribution is -0.131. The van der Waals surface area contributed by atoms with Crippen molar-refractivity contribution in [3.05, 3.63) is 54.3 Å². The highest BCUT2D eigenvalue weighted by molar-refractivity contribution is 8.00. The molecule has 0 bridgehead atoms. The van der Waals surface area contributed by atoms with Gasteiger partial charge in [0, 0.05) is 17.6 Å². The van der Waals surface area contributed by atoms with Crippen molar-refractivity contribution in [2.45, 2.75) is 4.90 Å². The zero-order valence-corrected chi connectivity index (χ0v) is 14.8. The molecule has 2 aromatic rings. The second-order valence-corrected chi connectivity index (χ2v) is 6.26. The van der Waals surface area contributed by atoms with Crippen LogP contribution in [0.25, 0.3) is 0 Å². The van der Waals surface area contributed by atoms with Crippen LogP contribution in [0.5, 0.6) is 5.75 Å². The molecule has 5 nitrogen and oxygen atoms in total. The summed E-state index contributed by atoms with van der Waals surface area (Å²) in [6.45, 7) is -0.0807. The van der Waals surface area contributed by atoms with E-state index in [-0.39, 0.29) is 29.9 Å². The third-order valence-electron chi connectivity index (χ3n) is 3.37. The third-order valence-corrected chi connectivity index (χ3v) is 4.40. The minimum atomic E-state index is -0.361. The largest absolute Gasteiger partial charge is 0.497 e. The number of amides is 2. The molecule has 0 atom stereocenters. The van der Waals surface area contributed by atoms with E-state index in [0.29, 0.717) is 16.3 Å². The molecule has 7 heteroatoms. The zero-order valence-electron chi connectivity index (χ0n) is 14.0. The van der Waals surface area contributed by atoms with Crippen molar-refractivity contribution in [3.63, 3.8) is 0 Å². The Morgan fingerprint density at radius 2 is 1.84 bits per heavy atom. The van der Waals surface area contributed by atoms with E-state index in [0.717, 1.165) is 11.8 Å². The molecule has 132 valence electrons. The number of methoxy groups -OCH3 is 1. The van der Waals surface area contributed by atoms with E-state index in [1.54, 1.807) is 49.6 Å². The number of rotatable bonds is 7. The number of likely N-dealkylation sites (N-methyl/N-ethyl adjacent to an activating group) is 1. The number of ether oxygens (including phenoxy) is 1. The van der Waals surface area contributed by atoms with Crippen LogP contribution in [0.3, 0.4) is 0 Å². The molecule has 0 fully saturated rings. The lowest BCUT2D eigenvalue weighted by Crippen LogP contribution is -2.35. The topological polar surface area (TPSA) is 58.6 Å². The Morgan fingerprint density at radius 3 is 2.48 bits per heavy atom. The van der Waals surface area contributed by atoms with Crippen LogP contribution in [0.2, 0.25) is 0 Å². The standard InChI is InChI=1S/C18H19FN2O3S/c1-21(18(23)12-25-16-6-4-3-5-15(16)19)11-17(22)20-13-7-9-14(24-2)10-8-13/h3-10H,11-12H2,1-2H3,(H,20,22). The number of carbonyl (C=O) groups is 2. The van der Waals surface area contributed by atoms with Gasteiger partial charge in [0.1, 0.15) is 11.6 Å². The summed E-state index contributed by atoms with van der Waals surface area (Å²) in [7, 11) is 3.10. The fraction of sp³-hybridized carbons (Fsp3) is 0.222. The fourth-order valence-electron chi connectivity index (χ4n) is 1.99. The molecule has 0 saturated carbocycles. The Morgan fingerprint density at radius 1 is 1.16 bits per heavy atom. The summed E-state index contributed by atoms with van der Waals surface area (Å²) in [5, 5.41) is 2.71. The maximum Gasteiger partial charge on any atom is 0.243 e. The predicted octanol–water partition coefficient (Wildman–Crippen LogP) is 3.02. The maximum absolute atomic E-state index is 13.5. The molecule has 0 aliphatic carbocycles. The van der Waals surface area contributed by atoms with Crippen LogP contribution in [0.4, 0.5) is 10.1 Å². The molecule has 0 heterocycles. The molecule has 25 heavy (non-hydrogen) atoms. The summed E-state index contributed by atoms with van der Waals surface area (Å²) in [6, 6.07) is 13.2. The number of nitrogens with zero attached hydrogens (tertiary/aromatic N) is 1. The average Bonchev–Trinajstić information content (AvgIpc) is 2.61. The first-order valence-corrected chi connectivity index (χ1v) is 8.53. The van der Waals surface area contributed by atoms with Crippen molar-refractivity contribution in [1.82, 2.24) is 4.90 Å². The second-order valence-electron chi connectivity index (χ2n) is 5.25. The van der Waals surface area contributed by atoms with E-state index in [2.05, 4.69) is 5.32 Å². The van der Waals surface area contributed by atoms with Crippen LogP contribution in [0, 0.1) is 5.82 Å². The Balaban J connectivity index is 1.81. The van der Waals surface area contributed by atoms with Gasteiger partial charge in [0.2, 0.25) is 11.8 Å². The van der Waals surface area contributed by atoms with E-state index in [4.69, 9.17) is 4.74 Å². The summed E-state index contributed by atoms with van der Waals surface area (Å²) in [5.74, 6) is -0.168. The number of anilines is 1. The van der Waals surface area contributed by atoms with E-state index in [1.165, 1.54) is 18.0 Å². The van der Waals surface area contributed by atoms with Gasteiger partial charge in [-0.2, -0.15) is 0 Å². The van der Waals surface area contributed by atoms with Gasteiger partial charge in [-0.15, -0.1) is 11.8 Å². The maximum atomic E-state index is 13.5. The van der Waals surface area contributed by atoms with Gasteiger partial charge in [0.05, 0.1) is 19.4 Å². The van der Waals surface area contributed by atoms with Gasteiger partial charge in [-0.3, -0.25) is 9.59 Å². The van der Waals surface area contributed by atoms with Crippen molar-refractivity contribution in [2.24, 2.45) is 0 Å². The molecule has 0 radical (unpaired) electrons. The molecular weight excluding hydrogens is 343 g/mol. The summed E-state index contributed by atoms with van der Waals surface area (Å²) >= 11 is 1.11. The first kappa shape index (κ1) is 18.8.